The Labute approximate surface area is 181 Å². The van der Waals surface area contributed by atoms with Gasteiger partial charge in [-0.15, -0.1) is 0 Å². The fourth-order valence-electron chi connectivity index (χ4n) is 2.40. The summed E-state index contributed by atoms with van der Waals surface area (Å²) in [5, 5.41) is 12.7. The number of benzene rings is 2. The number of nitriles is 1. The Hall–Kier alpha value is -2.65. The maximum absolute atomic E-state index is 12.9. The van der Waals surface area contributed by atoms with Crippen molar-refractivity contribution < 1.29 is 13.2 Å². The van der Waals surface area contributed by atoms with Crippen molar-refractivity contribution in [3.05, 3.63) is 73.3 Å². The highest BCUT2D eigenvalue weighted by Crippen LogP contribution is 2.38. The molecular formula is C19H8BrCl2F3N4. The number of nitrogens with zero attached hydrogens (tertiary/aromatic N) is 3. The van der Waals surface area contributed by atoms with Gasteiger partial charge in [-0.2, -0.15) is 23.5 Å². The molecule has 0 aliphatic rings. The van der Waals surface area contributed by atoms with E-state index < -0.39 is 11.7 Å². The minimum Gasteiger partial charge on any atom is -0.383 e. The van der Waals surface area contributed by atoms with Crippen LogP contribution in [0.25, 0.3) is 5.69 Å². The summed E-state index contributed by atoms with van der Waals surface area (Å²) in [6.45, 7) is 0. The van der Waals surface area contributed by atoms with Gasteiger partial charge in [-0.25, -0.2) is 4.68 Å². The van der Waals surface area contributed by atoms with Crippen molar-refractivity contribution in [2.24, 2.45) is 0 Å². The highest BCUT2D eigenvalue weighted by Gasteiger charge is 2.32. The van der Waals surface area contributed by atoms with Crippen LogP contribution in [0.5, 0.6) is 0 Å². The van der Waals surface area contributed by atoms with E-state index in [0.29, 0.717) is 17.7 Å². The highest BCUT2D eigenvalue weighted by atomic mass is 79.9. The standard InChI is InChI=1S/C19H8BrCl2F3N4/c20-12-4-1-10(2-5-12)3-6-13-16(9-26)28-29(18(13)27)17-14(21)7-11(8-15(17)22)19(23,24)25/h1-2,4-5,7-8H,27H2. The van der Waals surface area contributed by atoms with Gasteiger partial charge >= 0.3 is 6.18 Å². The second kappa shape index (κ2) is 8.00. The summed E-state index contributed by atoms with van der Waals surface area (Å²) in [5.74, 6) is 5.55. The van der Waals surface area contributed by atoms with Crippen LogP contribution in [0.4, 0.5) is 19.0 Å². The molecule has 3 aromatic rings. The number of nitrogen functional groups attached to an aromatic ring is 1. The van der Waals surface area contributed by atoms with Crippen LogP contribution in [0.15, 0.2) is 40.9 Å². The average Bonchev–Trinajstić information content (AvgIpc) is 2.95. The Morgan fingerprint density at radius 2 is 1.66 bits per heavy atom. The Morgan fingerprint density at radius 1 is 1.07 bits per heavy atom. The van der Waals surface area contributed by atoms with Gasteiger partial charge in [0.2, 0.25) is 0 Å². The van der Waals surface area contributed by atoms with Crippen LogP contribution in [-0.2, 0) is 6.18 Å². The lowest BCUT2D eigenvalue weighted by Gasteiger charge is -2.13. The molecule has 1 aromatic heterocycles. The molecule has 2 aromatic carbocycles. The van der Waals surface area contributed by atoms with Gasteiger partial charge in [0, 0.05) is 10.0 Å². The summed E-state index contributed by atoms with van der Waals surface area (Å²) in [6.07, 6.45) is -4.62. The van der Waals surface area contributed by atoms with Gasteiger partial charge in [-0.05, 0) is 36.4 Å². The quantitative estimate of drug-likeness (QED) is 0.429. The van der Waals surface area contributed by atoms with E-state index in [2.05, 4.69) is 32.9 Å². The Bertz CT molecular complexity index is 1180. The van der Waals surface area contributed by atoms with Crippen molar-refractivity contribution >= 4 is 44.9 Å². The molecule has 29 heavy (non-hydrogen) atoms. The molecule has 1 heterocycles. The van der Waals surface area contributed by atoms with Crippen LogP contribution < -0.4 is 5.73 Å². The lowest BCUT2D eigenvalue weighted by Crippen LogP contribution is -2.08. The van der Waals surface area contributed by atoms with E-state index in [1.165, 1.54) is 0 Å². The van der Waals surface area contributed by atoms with E-state index in [-0.39, 0.29) is 32.8 Å². The molecule has 0 fully saturated rings. The maximum Gasteiger partial charge on any atom is 0.416 e. The maximum atomic E-state index is 12.9. The van der Waals surface area contributed by atoms with Gasteiger partial charge in [0.25, 0.3) is 0 Å². The predicted octanol–water partition coefficient (Wildman–Crippen LogP) is 5.81. The molecule has 0 radical (unpaired) electrons. The highest BCUT2D eigenvalue weighted by molar-refractivity contribution is 9.10. The topological polar surface area (TPSA) is 67.6 Å². The number of halogens is 6. The molecule has 0 spiro atoms. The molecule has 3 rings (SSSR count). The van der Waals surface area contributed by atoms with Crippen molar-refractivity contribution in [1.29, 1.82) is 5.26 Å². The van der Waals surface area contributed by atoms with Crippen LogP contribution >= 0.6 is 39.1 Å². The van der Waals surface area contributed by atoms with Gasteiger partial charge < -0.3 is 5.73 Å². The SMILES string of the molecule is N#Cc1nn(-c2c(Cl)cc(C(F)(F)F)cc2Cl)c(N)c1C#Cc1ccc(Br)cc1. The summed E-state index contributed by atoms with van der Waals surface area (Å²) in [4.78, 5) is 0. The number of anilines is 1. The average molecular weight is 500 g/mol. The number of hydrogen-bond donors (Lipinski definition) is 1. The first-order valence-corrected chi connectivity index (χ1v) is 9.29. The van der Waals surface area contributed by atoms with Crippen LogP contribution in [0.1, 0.15) is 22.4 Å². The monoisotopic (exact) mass is 498 g/mol. The number of aromatic nitrogens is 2. The molecular weight excluding hydrogens is 492 g/mol. The predicted molar refractivity (Wildman–Crippen MR) is 108 cm³/mol. The summed E-state index contributed by atoms with van der Waals surface area (Å²) in [6, 6.07) is 10.4. The van der Waals surface area contributed by atoms with Crippen LogP contribution in [0.3, 0.4) is 0 Å². The zero-order valence-corrected chi connectivity index (χ0v) is 17.2. The van der Waals surface area contributed by atoms with E-state index in [4.69, 9.17) is 28.9 Å². The van der Waals surface area contributed by atoms with Gasteiger partial charge in [-0.3, -0.25) is 0 Å². The van der Waals surface area contributed by atoms with Crippen LogP contribution in [-0.4, -0.2) is 9.78 Å². The third-order valence-corrected chi connectivity index (χ3v) is 4.86. The molecule has 0 atom stereocenters. The van der Waals surface area contributed by atoms with E-state index in [1.54, 1.807) is 24.3 Å². The van der Waals surface area contributed by atoms with Crippen LogP contribution in [0, 0.1) is 23.2 Å². The molecule has 0 unspecified atom stereocenters. The number of nitrogens with two attached hydrogens (primary N) is 1. The zero-order valence-electron chi connectivity index (χ0n) is 14.2. The molecule has 10 heteroatoms. The van der Waals surface area contributed by atoms with Crippen molar-refractivity contribution in [1.82, 2.24) is 9.78 Å². The molecule has 4 nitrogen and oxygen atoms in total. The summed E-state index contributed by atoms with van der Waals surface area (Å²) in [5.41, 5.74) is 5.63. The number of hydrogen-bond acceptors (Lipinski definition) is 3. The van der Waals surface area contributed by atoms with Gasteiger partial charge in [0.1, 0.15) is 23.1 Å². The Balaban J connectivity index is 2.13. The second-order valence-electron chi connectivity index (χ2n) is 5.68. The van der Waals surface area contributed by atoms with Gasteiger partial charge in [0.15, 0.2) is 5.69 Å². The fourth-order valence-corrected chi connectivity index (χ4v) is 3.31. The normalized spacial score (nSPS) is 10.9. The molecule has 0 aliphatic carbocycles. The first-order chi connectivity index (χ1) is 13.6. The van der Waals surface area contributed by atoms with E-state index in [1.807, 2.05) is 6.07 Å². The molecule has 0 saturated carbocycles. The molecule has 146 valence electrons. The Kier molecular flexibility index (Phi) is 5.81. The minimum atomic E-state index is -4.62. The first kappa shape index (κ1) is 21.1. The van der Waals surface area contributed by atoms with Crippen molar-refractivity contribution in [3.8, 4) is 23.6 Å². The number of alkyl halides is 3. The molecule has 0 saturated heterocycles. The fraction of sp³-hybridized carbons (Fsp3) is 0.0526. The second-order valence-corrected chi connectivity index (χ2v) is 7.41. The lowest BCUT2D eigenvalue weighted by atomic mass is 10.2. The molecule has 0 bridgehead atoms. The van der Waals surface area contributed by atoms with Crippen molar-refractivity contribution in [2.75, 3.05) is 5.73 Å². The summed E-state index contributed by atoms with van der Waals surface area (Å²) < 4.78 is 40.7. The smallest absolute Gasteiger partial charge is 0.383 e. The summed E-state index contributed by atoms with van der Waals surface area (Å²) >= 11 is 15.3. The van der Waals surface area contributed by atoms with E-state index in [0.717, 1.165) is 9.15 Å². The third-order valence-electron chi connectivity index (χ3n) is 3.76. The molecule has 0 aliphatic heterocycles. The third kappa shape index (κ3) is 4.35. The molecule has 2 N–H and O–H groups in total. The first-order valence-electron chi connectivity index (χ1n) is 7.74. The zero-order chi connectivity index (χ0) is 21.3. The largest absolute Gasteiger partial charge is 0.416 e. The van der Waals surface area contributed by atoms with Crippen molar-refractivity contribution in [3.63, 3.8) is 0 Å². The van der Waals surface area contributed by atoms with Crippen LogP contribution in [0.2, 0.25) is 10.0 Å². The van der Waals surface area contributed by atoms with Gasteiger partial charge in [0.05, 0.1) is 15.6 Å². The van der Waals surface area contributed by atoms with E-state index >= 15 is 0 Å². The lowest BCUT2D eigenvalue weighted by molar-refractivity contribution is -0.137. The summed E-state index contributed by atoms with van der Waals surface area (Å²) in [7, 11) is 0. The van der Waals surface area contributed by atoms with Crippen molar-refractivity contribution in [2.45, 2.75) is 6.18 Å². The molecule has 0 amide bonds. The number of rotatable bonds is 1. The Morgan fingerprint density at radius 3 is 2.17 bits per heavy atom. The van der Waals surface area contributed by atoms with Gasteiger partial charge in [-0.1, -0.05) is 51.0 Å². The van der Waals surface area contributed by atoms with E-state index in [9.17, 15) is 18.4 Å². The minimum absolute atomic E-state index is 0.0743.